The lowest BCUT2D eigenvalue weighted by Crippen LogP contribution is -2.57. The summed E-state index contributed by atoms with van der Waals surface area (Å²) in [6.07, 6.45) is 0.0152. The standard InChI is InChI=1S/C14H20N2O2/c1-14(2)17-10-8-16-12(11(15)13(10)18-14)9-6-4-3-5-7-9/h3-7,10-13,16H,8,15H2,1-2H3/t10-,11-,12-,13-/m1/s1. The summed E-state index contributed by atoms with van der Waals surface area (Å²) < 4.78 is 11.8. The van der Waals surface area contributed by atoms with Gasteiger partial charge in [0.1, 0.15) is 12.2 Å². The summed E-state index contributed by atoms with van der Waals surface area (Å²) >= 11 is 0. The van der Waals surface area contributed by atoms with Crippen LogP contribution in [-0.4, -0.2) is 30.6 Å². The lowest BCUT2D eigenvalue weighted by atomic mass is 9.89. The second-order valence-corrected chi connectivity index (χ2v) is 5.51. The van der Waals surface area contributed by atoms with E-state index in [2.05, 4.69) is 17.4 Å². The molecule has 2 saturated heterocycles. The van der Waals surface area contributed by atoms with E-state index in [1.54, 1.807) is 0 Å². The number of hydrogen-bond acceptors (Lipinski definition) is 4. The molecule has 0 spiro atoms. The van der Waals surface area contributed by atoms with Gasteiger partial charge in [0.15, 0.2) is 5.79 Å². The second kappa shape index (κ2) is 4.31. The molecule has 0 unspecified atom stereocenters. The molecule has 18 heavy (non-hydrogen) atoms. The Balaban J connectivity index is 1.81. The van der Waals surface area contributed by atoms with E-state index in [-0.39, 0.29) is 24.3 Å². The van der Waals surface area contributed by atoms with Gasteiger partial charge in [-0.25, -0.2) is 0 Å². The van der Waals surface area contributed by atoms with Crippen molar-refractivity contribution >= 4 is 0 Å². The molecule has 3 N–H and O–H groups in total. The van der Waals surface area contributed by atoms with Crippen LogP contribution >= 0.6 is 0 Å². The van der Waals surface area contributed by atoms with Gasteiger partial charge in [-0.05, 0) is 19.4 Å². The van der Waals surface area contributed by atoms with E-state index in [4.69, 9.17) is 15.2 Å². The zero-order valence-electron chi connectivity index (χ0n) is 10.8. The van der Waals surface area contributed by atoms with Gasteiger partial charge in [-0.3, -0.25) is 0 Å². The fraction of sp³-hybridized carbons (Fsp3) is 0.571. The van der Waals surface area contributed by atoms with Gasteiger partial charge in [0.05, 0.1) is 12.1 Å². The van der Waals surface area contributed by atoms with Gasteiger partial charge in [-0.15, -0.1) is 0 Å². The van der Waals surface area contributed by atoms with Crippen LogP contribution in [0.5, 0.6) is 0 Å². The quantitative estimate of drug-likeness (QED) is 0.783. The van der Waals surface area contributed by atoms with Gasteiger partial charge < -0.3 is 20.5 Å². The van der Waals surface area contributed by atoms with Crippen molar-refractivity contribution in [3.8, 4) is 0 Å². The Morgan fingerprint density at radius 1 is 1.22 bits per heavy atom. The van der Waals surface area contributed by atoms with Crippen LogP contribution in [-0.2, 0) is 9.47 Å². The summed E-state index contributed by atoms with van der Waals surface area (Å²) in [4.78, 5) is 0. The second-order valence-electron chi connectivity index (χ2n) is 5.51. The van der Waals surface area contributed by atoms with Crippen molar-refractivity contribution in [1.29, 1.82) is 0 Å². The first kappa shape index (κ1) is 12.1. The molecular weight excluding hydrogens is 228 g/mol. The van der Waals surface area contributed by atoms with Gasteiger partial charge in [-0.2, -0.15) is 0 Å². The first-order valence-corrected chi connectivity index (χ1v) is 6.46. The molecule has 2 aliphatic rings. The van der Waals surface area contributed by atoms with Crippen molar-refractivity contribution in [2.45, 2.75) is 43.9 Å². The van der Waals surface area contributed by atoms with E-state index in [1.807, 2.05) is 32.0 Å². The van der Waals surface area contributed by atoms with E-state index in [1.165, 1.54) is 5.56 Å². The predicted molar refractivity (Wildman–Crippen MR) is 69.0 cm³/mol. The molecule has 4 atom stereocenters. The van der Waals surface area contributed by atoms with E-state index in [0.717, 1.165) is 6.54 Å². The van der Waals surface area contributed by atoms with Crippen molar-refractivity contribution in [3.63, 3.8) is 0 Å². The lowest BCUT2D eigenvalue weighted by Gasteiger charge is -2.36. The molecule has 0 amide bonds. The van der Waals surface area contributed by atoms with Crippen LogP contribution in [0.3, 0.4) is 0 Å². The maximum atomic E-state index is 6.35. The molecule has 3 rings (SSSR count). The van der Waals surface area contributed by atoms with Gasteiger partial charge in [0.25, 0.3) is 0 Å². The van der Waals surface area contributed by atoms with E-state index >= 15 is 0 Å². The number of piperidine rings is 1. The number of fused-ring (bicyclic) bond motifs is 1. The number of hydrogen-bond donors (Lipinski definition) is 2. The third kappa shape index (κ3) is 2.06. The molecule has 0 radical (unpaired) electrons. The Labute approximate surface area is 107 Å². The van der Waals surface area contributed by atoms with Crippen molar-refractivity contribution in [2.24, 2.45) is 5.73 Å². The Kier molecular flexibility index (Phi) is 2.90. The number of rotatable bonds is 1. The summed E-state index contributed by atoms with van der Waals surface area (Å²) in [5, 5.41) is 3.46. The molecule has 1 aromatic carbocycles. The molecule has 4 nitrogen and oxygen atoms in total. The molecule has 0 aromatic heterocycles. The molecule has 2 fully saturated rings. The maximum absolute atomic E-state index is 6.35. The summed E-state index contributed by atoms with van der Waals surface area (Å²) in [5.74, 6) is -0.528. The van der Waals surface area contributed by atoms with Gasteiger partial charge in [0.2, 0.25) is 0 Å². The van der Waals surface area contributed by atoms with Crippen molar-refractivity contribution in [2.75, 3.05) is 6.54 Å². The van der Waals surface area contributed by atoms with Gasteiger partial charge >= 0.3 is 0 Å². The molecule has 0 aliphatic carbocycles. The van der Waals surface area contributed by atoms with Crippen LogP contribution in [0.25, 0.3) is 0 Å². The van der Waals surface area contributed by atoms with Crippen LogP contribution in [0.2, 0.25) is 0 Å². The topological polar surface area (TPSA) is 56.5 Å². The normalized spacial score (nSPS) is 38.4. The Morgan fingerprint density at radius 3 is 2.67 bits per heavy atom. The van der Waals surface area contributed by atoms with Crippen LogP contribution in [0.4, 0.5) is 0 Å². The summed E-state index contributed by atoms with van der Waals surface area (Å²) in [6, 6.07) is 10.3. The lowest BCUT2D eigenvalue weighted by molar-refractivity contribution is -0.145. The monoisotopic (exact) mass is 248 g/mol. The third-order valence-electron chi connectivity index (χ3n) is 3.68. The van der Waals surface area contributed by atoms with E-state index in [0.29, 0.717) is 0 Å². The van der Waals surface area contributed by atoms with Gasteiger partial charge in [0, 0.05) is 6.54 Å². The fourth-order valence-corrected chi connectivity index (χ4v) is 2.92. The number of ether oxygens (including phenoxy) is 2. The molecular formula is C14H20N2O2. The first-order valence-electron chi connectivity index (χ1n) is 6.46. The zero-order valence-corrected chi connectivity index (χ0v) is 10.8. The smallest absolute Gasteiger partial charge is 0.163 e. The first-order chi connectivity index (χ1) is 8.57. The highest BCUT2D eigenvalue weighted by atomic mass is 16.8. The van der Waals surface area contributed by atoms with Crippen LogP contribution in [0, 0.1) is 0 Å². The minimum Gasteiger partial charge on any atom is -0.343 e. The molecule has 0 bridgehead atoms. The van der Waals surface area contributed by atoms with Gasteiger partial charge in [-0.1, -0.05) is 30.3 Å². The Morgan fingerprint density at radius 2 is 1.94 bits per heavy atom. The number of nitrogens with two attached hydrogens (primary N) is 1. The average molecular weight is 248 g/mol. The van der Waals surface area contributed by atoms with Crippen molar-refractivity contribution in [3.05, 3.63) is 35.9 Å². The molecule has 2 heterocycles. The minimum atomic E-state index is -0.528. The summed E-state index contributed by atoms with van der Waals surface area (Å²) in [7, 11) is 0. The van der Waals surface area contributed by atoms with E-state index < -0.39 is 5.79 Å². The molecule has 98 valence electrons. The van der Waals surface area contributed by atoms with Crippen LogP contribution < -0.4 is 11.1 Å². The van der Waals surface area contributed by atoms with Crippen LogP contribution in [0.15, 0.2) is 30.3 Å². The Hall–Kier alpha value is -0.940. The van der Waals surface area contributed by atoms with E-state index in [9.17, 15) is 0 Å². The highest BCUT2D eigenvalue weighted by molar-refractivity contribution is 5.22. The fourth-order valence-electron chi connectivity index (χ4n) is 2.92. The summed E-state index contributed by atoms with van der Waals surface area (Å²) in [5.41, 5.74) is 7.56. The highest BCUT2D eigenvalue weighted by Gasteiger charge is 2.48. The average Bonchev–Trinajstić information content (AvgIpc) is 2.66. The molecule has 4 heteroatoms. The predicted octanol–water partition coefficient (Wildman–Crippen LogP) is 1.18. The van der Waals surface area contributed by atoms with Crippen molar-refractivity contribution in [1.82, 2.24) is 5.32 Å². The number of nitrogens with one attached hydrogen (secondary N) is 1. The Bertz CT molecular complexity index is 421. The third-order valence-corrected chi connectivity index (χ3v) is 3.68. The molecule has 0 saturated carbocycles. The minimum absolute atomic E-state index is 0.0357. The molecule has 1 aromatic rings. The number of benzene rings is 1. The largest absolute Gasteiger partial charge is 0.343 e. The molecule has 2 aliphatic heterocycles. The van der Waals surface area contributed by atoms with Crippen LogP contribution in [0.1, 0.15) is 25.5 Å². The zero-order chi connectivity index (χ0) is 12.8. The highest BCUT2D eigenvalue weighted by Crippen LogP contribution is 2.35. The summed E-state index contributed by atoms with van der Waals surface area (Å²) in [6.45, 7) is 4.66. The SMILES string of the molecule is CC1(C)O[C@H]2[C@H](N)[C@@H](c3ccccc3)NC[C@H]2O1. The maximum Gasteiger partial charge on any atom is 0.163 e. The van der Waals surface area contributed by atoms with Crippen molar-refractivity contribution < 1.29 is 9.47 Å².